The highest BCUT2D eigenvalue weighted by molar-refractivity contribution is 5.96. The summed E-state index contributed by atoms with van der Waals surface area (Å²) in [6.07, 6.45) is 4.20. The first-order chi connectivity index (χ1) is 14.6. The monoisotopic (exact) mass is 406 g/mol. The third-order valence-corrected chi connectivity index (χ3v) is 6.14. The van der Waals surface area contributed by atoms with Crippen LogP contribution in [0.25, 0.3) is 0 Å². The van der Waals surface area contributed by atoms with Gasteiger partial charge in [0, 0.05) is 43.2 Å². The largest absolute Gasteiger partial charge is 0.493 e. The molecule has 2 fully saturated rings. The van der Waals surface area contributed by atoms with E-state index in [4.69, 9.17) is 4.74 Å². The normalized spacial score (nSPS) is 19.0. The molecule has 4 rings (SSSR count). The molecule has 0 aliphatic carbocycles. The van der Waals surface area contributed by atoms with Crippen molar-refractivity contribution in [3.8, 4) is 5.75 Å². The van der Waals surface area contributed by atoms with Crippen LogP contribution in [0.15, 0.2) is 48.5 Å². The maximum Gasteiger partial charge on any atom is 0.254 e. The second kappa shape index (κ2) is 9.33. The fourth-order valence-electron chi connectivity index (χ4n) is 4.40. The Hall–Kier alpha value is -2.82. The Balaban J connectivity index is 1.35. The van der Waals surface area contributed by atoms with Crippen LogP contribution < -0.4 is 4.74 Å². The molecule has 2 aromatic rings. The zero-order valence-electron chi connectivity index (χ0n) is 17.7. The van der Waals surface area contributed by atoms with Crippen LogP contribution in [0.3, 0.4) is 0 Å². The quantitative estimate of drug-likeness (QED) is 0.749. The van der Waals surface area contributed by atoms with Gasteiger partial charge in [0.1, 0.15) is 5.75 Å². The molecule has 0 N–H and O–H groups in total. The maximum absolute atomic E-state index is 12.9. The van der Waals surface area contributed by atoms with Gasteiger partial charge in [-0.05, 0) is 62.4 Å². The van der Waals surface area contributed by atoms with Crippen LogP contribution in [0.1, 0.15) is 52.0 Å². The Morgan fingerprint density at radius 3 is 2.50 bits per heavy atom. The van der Waals surface area contributed by atoms with Gasteiger partial charge in [-0.25, -0.2) is 0 Å². The Kier molecular flexibility index (Phi) is 6.36. The number of piperidine rings is 1. The van der Waals surface area contributed by atoms with Gasteiger partial charge in [-0.15, -0.1) is 0 Å². The van der Waals surface area contributed by atoms with Crippen molar-refractivity contribution in [2.75, 3.05) is 32.8 Å². The zero-order valence-corrected chi connectivity index (χ0v) is 17.7. The molecule has 30 heavy (non-hydrogen) atoms. The molecule has 158 valence electrons. The minimum Gasteiger partial charge on any atom is -0.493 e. The predicted molar refractivity (Wildman–Crippen MR) is 117 cm³/mol. The van der Waals surface area contributed by atoms with Gasteiger partial charge < -0.3 is 14.5 Å². The van der Waals surface area contributed by atoms with Crippen molar-refractivity contribution in [2.45, 2.75) is 32.6 Å². The zero-order chi connectivity index (χ0) is 20.9. The molecule has 2 heterocycles. The van der Waals surface area contributed by atoms with Crippen molar-refractivity contribution in [3.63, 3.8) is 0 Å². The first-order valence-corrected chi connectivity index (χ1v) is 11.0. The number of aryl methyl sites for hydroxylation is 1. The smallest absolute Gasteiger partial charge is 0.254 e. The van der Waals surface area contributed by atoms with Crippen molar-refractivity contribution in [1.29, 1.82) is 0 Å². The van der Waals surface area contributed by atoms with Gasteiger partial charge in [-0.1, -0.05) is 24.3 Å². The summed E-state index contributed by atoms with van der Waals surface area (Å²) in [5, 5.41) is 0. The lowest BCUT2D eigenvalue weighted by Crippen LogP contribution is -2.41. The first kappa shape index (κ1) is 20.5. The van der Waals surface area contributed by atoms with Gasteiger partial charge in [0.2, 0.25) is 0 Å². The second-order valence-electron chi connectivity index (χ2n) is 8.41. The molecule has 1 atom stereocenters. The highest BCUT2D eigenvalue weighted by Crippen LogP contribution is 2.23. The first-order valence-electron chi connectivity index (χ1n) is 11.0. The lowest BCUT2D eigenvalue weighted by atomic mass is 9.97. The predicted octanol–water partition coefficient (Wildman–Crippen LogP) is 4.16. The van der Waals surface area contributed by atoms with E-state index < -0.39 is 0 Å². The Morgan fingerprint density at radius 2 is 1.70 bits per heavy atom. The molecule has 2 aliphatic heterocycles. The molecule has 0 radical (unpaired) electrons. The third kappa shape index (κ3) is 4.66. The molecule has 2 aromatic carbocycles. The van der Waals surface area contributed by atoms with Crippen LogP contribution in [0.5, 0.6) is 5.75 Å². The molecule has 2 amide bonds. The summed E-state index contributed by atoms with van der Waals surface area (Å²) in [5.41, 5.74) is 2.49. The topological polar surface area (TPSA) is 49.9 Å². The summed E-state index contributed by atoms with van der Waals surface area (Å²) < 4.78 is 6.05. The average Bonchev–Trinajstić information content (AvgIpc) is 3.32. The van der Waals surface area contributed by atoms with Crippen molar-refractivity contribution >= 4 is 11.8 Å². The van der Waals surface area contributed by atoms with Gasteiger partial charge in [0.15, 0.2) is 0 Å². The van der Waals surface area contributed by atoms with Gasteiger partial charge in [0.25, 0.3) is 11.8 Å². The van der Waals surface area contributed by atoms with E-state index in [1.54, 1.807) is 0 Å². The average molecular weight is 407 g/mol. The molecular weight excluding hydrogens is 376 g/mol. The van der Waals surface area contributed by atoms with E-state index in [9.17, 15) is 9.59 Å². The fraction of sp³-hybridized carbons (Fsp3) is 0.440. The highest BCUT2D eigenvalue weighted by Gasteiger charge is 2.26. The van der Waals surface area contributed by atoms with E-state index in [1.807, 2.05) is 65.3 Å². The number of hydrogen-bond acceptors (Lipinski definition) is 3. The van der Waals surface area contributed by atoms with Gasteiger partial charge in [-0.2, -0.15) is 0 Å². The van der Waals surface area contributed by atoms with Crippen molar-refractivity contribution < 1.29 is 14.3 Å². The molecule has 5 heteroatoms. The minimum atomic E-state index is 0.0885. The molecular formula is C25H30N2O3. The number of amides is 2. The number of carbonyl (C=O) groups is 2. The van der Waals surface area contributed by atoms with Crippen molar-refractivity contribution in [3.05, 3.63) is 65.2 Å². The van der Waals surface area contributed by atoms with Crippen LogP contribution >= 0.6 is 0 Å². The number of rotatable bonds is 5. The number of hydrogen-bond donors (Lipinski definition) is 0. The molecule has 0 unspecified atom stereocenters. The van der Waals surface area contributed by atoms with E-state index in [-0.39, 0.29) is 11.8 Å². The van der Waals surface area contributed by atoms with E-state index in [0.717, 1.165) is 62.2 Å². The second-order valence-corrected chi connectivity index (χ2v) is 8.41. The van der Waals surface area contributed by atoms with Gasteiger partial charge in [-0.3, -0.25) is 9.59 Å². The maximum atomic E-state index is 12.9. The lowest BCUT2D eigenvalue weighted by molar-refractivity contribution is 0.0631. The molecule has 2 aliphatic rings. The number of carbonyl (C=O) groups excluding carboxylic acids is 2. The molecule has 0 bridgehead atoms. The van der Waals surface area contributed by atoms with Crippen LogP contribution in [0.2, 0.25) is 0 Å². The summed E-state index contributed by atoms with van der Waals surface area (Å²) in [6, 6.07) is 15.3. The molecule has 2 saturated heterocycles. The van der Waals surface area contributed by atoms with E-state index in [1.165, 1.54) is 0 Å². The number of likely N-dealkylation sites (tertiary alicyclic amines) is 2. The summed E-state index contributed by atoms with van der Waals surface area (Å²) in [7, 11) is 0. The van der Waals surface area contributed by atoms with Gasteiger partial charge >= 0.3 is 0 Å². The molecule has 0 saturated carbocycles. The van der Waals surface area contributed by atoms with Crippen LogP contribution in [0, 0.1) is 12.8 Å². The Labute approximate surface area is 178 Å². The third-order valence-electron chi connectivity index (χ3n) is 6.14. The number of nitrogens with zero attached hydrogens (tertiary/aromatic N) is 2. The number of benzene rings is 2. The lowest BCUT2D eigenvalue weighted by Gasteiger charge is -2.33. The SMILES string of the molecule is Cc1ccccc1C(=O)N1CCC[C@@H](COc2cccc(C(=O)N3CCCC3)c2)C1. The summed E-state index contributed by atoms with van der Waals surface area (Å²) in [4.78, 5) is 29.4. The van der Waals surface area contributed by atoms with Crippen molar-refractivity contribution in [2.24, 2.45) is 5.92 Å². The number of ether oxygens (including phenoxy) is 1. The van der Waals surface area contributed by atoms with Crippen molar-refractivity contribution in [1.82, 2.24) is 9.80 Å². The highest BCUT2D eigenvalue weighted by atomic mass is 16.5. The van der Waals surface area contributed by atoms with E-state index in [0.29, 0.717) is 24.6 Å². The minimum absolute atomic E-state index is 0.0885. The molecule has 0 spiro atoms. The van der Waals surface area contributed by atoms with Crippen LogP contribution in [-0.2, 0) is 0 Å². The fourth-order valence-corrected chi connectivity index (χ4v) is 4.40. The Morgan fingerprint density at radius 1 is 0.933 bits per heavy atom. The summed E-state index contributed by atoms with van der Waals surface area (Å²) in [5.74, 6) is 1.22. The van der Waals surface area contributed by atoms with Crippen LogP contribution in [-0.4, -0.2) is 54.4 Å². The molecule has 0 aromatic heterocycles. The molecule has 5 nitrogen and oxygen atoms in total. The standard InChI is InChI=1S/C25H30N2O3/c1-19-8-2-3-12-23(19)25(29)27-15-7-9-20(17-27)18-30-22-11-6-10-21(16-22)24(28)26-13-4-5-14-26/h2-3,6,8,10-12,16,20H,4-5,7,9,13-15,17-18H2,1H3/t20-/m1/s1. The summed E-state index contributed by atoms with van der Waals surface area (Å²) in [6.45, 7) is 5.73. The summed E-state index contributed by atoms with van der Waals surface area (Å²) >= 11 is 0. The van der Waals surface area contributed by atoms with Gasteiger partial charge in [0.05, 0.1) is 6.61 Å². The van der Waals surface area contributed by atoms with Crippen LogP contribution in [0.4, 0.5) is 0 Å². The van der Waals surface area contributed by atoms with E-state index >= 15 is 0 Å². The van der Waals surface area contributed by atoms with E-state index in [2.05, 4.69) is 0 Å². The Bertz CT molecular complexity index is 905.